The van der Waals surface area contributed by atoms with Crippen molar-refractivity contribution in [1.82, 2.24) is 0 Å². The van der Waals surface area contributed by atoms with Crippen molar-refractivity contribution in [2.45, 2.75) is 6.36 Å². The summed E-state index contributed by atoms with van der Waals surface area (Å²) in [6, 6.07) is 13.7. The molecule has 1 aliphatic rings. The standard InChI is InChI=1S/C16H12F3NO/c17-16(18,19)21-15-10-4-3-9-14(15)20-11-5-7-12-6-1-2-8-13(12)20/h1-10H,11H2. The Hall–Kier alpha value is -2.43. The number of nitrogens with zero attached hydrogens (tertiary/aromatic N) is 1. The van der Waals surface area contributed by atoms with Crippen LogP contribution in [0.15, 0.2) is 54.6 Å². The van der Waals surface area contributed by atoms with Crippen LogP contribution in [0, 0.1) is 0 Å². The second-order valence-corrected chi connectivity index (χ2v) is 4.59. The number of para-hydroxylation sites is 3. The summed E-state index contributed by atoms with van der Waals surface area (Å²) >= 11 is 0. The number of alkyl halides is 3. The Kier molecular flexibility index (Phi) is 3.33. The van der Waals surface area contributed by atoms with E-state index in [9.17, 15) is 13.2 Å². The Morgan fingerprint density at radius 2 is 1.57 bits per heavy atom. The maximum absolute atomic E-state index is 12.5. The van der Waals surface area contributed by atoms with Gasteiger partial charge in [-0.05, 0) is 23.8 Å². The summed E-state index contributed by atoms with van der Waals surface area (Å²) in [5, 5.41) is 0. The summed E-state index contributed by atoms with van der Waals surface area (Å²) in [5.41, 5.74) is 2.22. The van der Waals surface area contributed by atoms with E-state index in [2.05, 4.69) is 4.74 Å². The Bertz CT molecular complexity index is 679. The lowest BCUT2D eigenvalue weighted by atomic mass is 10.1. The molecule has 1 aliphatic heterocycles. The van der Waals surface area contributed by atoms with Gasteiger partial charge in [-0.3, -0.25) is 0 Å². The number of halogens is 3. The van der Waals surface area contributed by atoms with Gasteiger partial charge in [0.15, 0.2) is 5.75 Å². The van der Waals surface area contributed by atoms with Crippen LogP contribution < -0.4 is 9.64 Å². The molecule has 1 heterocycles. The zero-order chi connectivity index (χ0) is 14.9. The van der Waals surface area contributed by atoms with Gasteiger partial charge in [0, 0.05) is 12.2 Å². The highest BCUT2D eigenvalue weighted by Crippen LogP contribution is 2.39. The summed E-state index contributed by atoms with van der Waals surface area (Å²) in [6.45, 7) is 0.495. The smallest absolute Gasteiger partial charge is 0.404 e. The number of hydrogen-bond donors (Lipinski definition) is 0. The molecule has 0 spiro atoms. The van der Waals surface area contributed by atoms with Crippen LogP contribution in [0.4, 0.5) is 24.5 Å². The first-order valence-electron chi connectivity index (χ1n) is 6.42. The van der Waals surface area contributed by atoms with E-state index in [4.69, 9.17) is 0 Å². The van der Waals surface area contributed by atoms with E-state index in [1.54, 1.807) is 17.0 Å². The van der Waals surface area contributed by atoms with Crippen molar-refractivity contribution in [3.8, 4) is 5.75 Å². The highest BCUT2D eigenvalue weighted by atomic mass is 19.4. The minimum atomic E-state index is -4.71. The lowest BCUT2D eigenvalue weighted by Gasteiger charge is -2.29. The Balaban J connectivity index is 2.04. The van der Waals surface area contributed by atoms with E-state index in [1.807, 2.05) is 36.4 Å². The lowest BCUT2D eigenvalue weighted by molar-refractivity contribution is -0.274. The van der Waals surface area contributed by atoms with Gasteiger partial charge in [0.05, 0.1) is 5.69 Å². The number of hydrogen-bond acceptors (Lipinski definition) is 2. The van der Waals surface area contributed by atoms with Crippen molar-refractivity contribution in [2.24, 2.45) is 0 Å². The molecular formula is C16H12F3NO. The summed E-state index contributed by atoms with van der Waals surface area (Å²) in [6.07, 6.45) is -0.840. The molecule has 21 heavy (non-hydrogen) atoms. The van der Waals surface area contributed by atoms with Crippen LogP contribution in [0.1, 0.15) is 5.56 Å². The SMILES string of the molecule is FC(F)(F)Oc1ccccc1N1CC=Cc2ccccc21. The van der Waals surface area contributed by atoms with Gasteiger partial charge < -0.3 is 9.64 Å². The van der Waals surface area contributed by atoms with Gasteiger partial charge in [-0.15, -0.1) is 13.2 Å². The molecule has 0 aromatic heterocycles. The second kappa shape index (κ2) is 5.16. The van der Waals surface area contributed by atoms with E-state index >= 15 is 0 Å². The van der Waals surface area contributed by atoms with Crippen molar-refractivity contribution in [3.05, 3.63) is 60.2 Å². The molecule has 0 aliphatic carbocycles. The number of anilines is 2. The van der Waals surface area contributed by atoms with Gasteiger partial charge in [0.25, 0.3) is 0 Å². The third-order valence-corrected chi connectivity index (χ3v) is 3.19. The number of ether oxygens (including phenoxy) is 1. The summed E-state index contributed by atoms with van der Waals surface area (Å²) in [7, 11) is 0. The minimum absolute atomic E-state index is 0.199. The fraction of sp³-hybridized carbons (Fsp3) is 0.125. The molecule has 0 unspecified atom stereocenters. The van der Waals surface area contributed by atoms with Crippen molar-refractivity contribution in [3.63, 3.8) is 0 Å². The first-order valence-corrected chi connectivity index (χ1v) is 6.42. The van der Waals surface area contributed by atoms with Crippen LogP contribution in [0.5, 0.6) is 5.75 Å². The molecule has 5 heteroatoms. The molecule has 2 nitrogen and oxygen atoms in total. The summed E-state index contributed by atoms with van der Waals surface area (Å²) < 4.78 is 41.7. The Morgan fingerprint density at radius 1 is 0.905 bits per heavy atom. The number of benzene rings is 2. The monoisotopic (exact) mass is 291 g/mol. The molecule has 3 rings (SSSR count). The van der Waals surface area contributed by atoms with Gasteiger partial charge in [0.1, 0.15) is 0 Å². The highest BCUT2D eigenvalue weighted by Gasteiger charge is 2.33. The van der Waals surface area contributed by atoms with Crippen molar-refractivity contribution in [2.75, 3.05) is 11.4 Å². The third-order valence-electron chi connectivity index (χ3n) is 3.19. The number of fused-ring (bicyclic) bond motifs is 1. The Labute approximate surface area is 120 Å². The molecule has 108 valence electrons. The fourth-order valence-corrected chi connectivity index (χ4v) is 2.38. The predicted octanol–water partition coefficient (Wildman–Crippen LogP) is 4.75. The van der Waals surface area contributed by atoms with Crippen LogP contribution in [0.2, 0.25) is 0 Å². The summed E-state index contributed by atoms with van der Waals surface area (Å²) in [5.74, 6) is -0.199. The highest BCUT2D eigenvalue weighted by molar-refractivity contribution is 5.79. The van der Waals surface area contributed by atoms with Gasteiger partial charge >= 0.3 is 6.36 Å². The van der Waals surface area contributed by atoms with Gasteiger partial charge in [0.2, 0.25) is 0 Å². The van der Waals surface area contributed by atoms with Crippen molar-refractivity contribution in [1.29, 1.82) is 0 Å². The van der Waals surface area contributed by atoms with E-state index in [1.165, 1.54) is 12.1 Å². The fourth-order valence-electron chi connectivity index (χ4n) is 2.38. The molecule has 0 bridgehead atoms. The van der Waals surface area contributed by atoms with Gasteiger partial charge in [-0.1, -0.05) is 42.5 Å². The molecule has 0 atom stereocenters. The third kappa shape index (κ3) is 2.86. The lowest BCUT2D eigenvalue weighted by Crippen LogP contribution is -2.23. The van der Waals surface area contributed by atoms with Gasteiger partial charge in [-0.2, -0.15) is 0 Å². The predicted molar refractivity (Wildman–Crippen MR) is 75.6 cm³/mol. The van der Waals surface area contributed by atoms with E-state index in [-0.39, 0.29) is 5.75 Å². The van der Waals surface area contributed by atoms with E-state index in [0.717, 1.165) is 11.3 Å². The average molecular weight is 291 g/mol. The van der Waals surface area contributed by atoms with Gasteiger partial charge in [-0.25, -0.2) is 0 Å². The summed E-state index contributed by atoms with van der Waals surface area (Å²) in [4.78, 5) is 1.80. The quantitative estimate of drug-likeness (QED) is 0.791. The first-order chi connectivity index (χ1) is 10.0. The average Bonchev–Trinajstić information content (AvgIpc) is 2.46. The van der Waals surface area contributed by atoms with Crippen LogP contribution in [0.25, 0.3) is 6.08 Å². The maximum Gasteiger partial charge on any atom is 0.573 e. The second-order valence-electron chi connectivity index (χ2n) is 4.59. The maximum atomic E-state index is 12.5. The first kappa shape index (κ1) is 13.5. The van der Waals surface area contributed by atoms with Crippen molar-refractivity contribution < 1.29 is 17.9 Å². The molecule has 0 saturated carbocycles. The van der Waals surface area contributed by atoms with Crippen LogP contribution in [0.3, 0.4) is 0 Å². The minimum Gasteiger partial charge on any atom is -0.404 e. The molecule has 0 fully saturated rings. The molecule has 0 radical (unpaired) electrons. The van der Waals surface area contributed by atoms with Crippen LogP contribution in [-0.2, 0) is 0 Å². The van der Waals surface area contributed by atoms with Crippen molar-refractivity contribution >= 4 is 17.5 Å². The van der Waals surface area contributed by atoms with Crippen LogP contribution in [-0.4, -0.2) is 12.9 Å². The number of rotatable bonds is 2. The molecular weight excluding hydrogens is 279 g/mol. The topological polar surface area (TPSA) is 12.5 Å². The molecule has 0 saturated heterocycles. The molecule has 2 aromatic carbocycles. The zero-order valence-corrected chi connectivity index (χ0v) is 11.0. The van der Waals surface area contributed by atoms with E-state index in [0.29, 0.717) is 12.2 Å². The molecule has 2 aromatic rings. The molecule has 0 N–H and O–H groups in total. The Morgan fingerprint density at radius 3 is 2.33 bits per heavy atom. The largest absolute Gasteiger partial charge is 0.573 e. The van der Waals surface area contributed by atoms with Crippen LogP contribution >= 0.6 is 0 Å². The van der Waals surface area contributed by atoms with E-state index < -0.39 is 6.36 Å². The molecule has 0 amide bonds. The normalized spacial score (nSPS) is 14.0. The zero-order valence-electron chi connectivity index (χ0n) is 11.0.